The van der Waals surface area contributed by atoms with Crippen molar-refractivity contribution in [1.29, 1.82) is 0 Å². The zero-order valence-corrected chi connectivity index (χ0v) is 12.6. The van der Waals surface area contributed by atoms with E-state index in [-0.39, 0.29) is 5.91 Å². The number of hydrogen-bond acceptors (Lipinski definition) is 4. The van der Waals surface area contributed by atoms with Gasteiger partial charge in [-0.15, -0.1) is 0 Å². The maximum absolute atomic E-state index is 12.5. The Morgan fingerprint density at radius 3 is 2.71 bits per heavy atom. The summed E-state index contributed by atoms with van der Waals surface area (Å²) < 4.78 is 0. The molecule has 0 spiro atoms. The van der Waals surface area contributed by atoms with Crippen molar-refractivity contribution >= 4 is 28.1 Å². The van der Waals surface area contributed by atoms with Crippen LogP contribution < -0.4 is 10.6 Å². The number of carbonyl (C=O) groups is 1. The molecule has 1 aromatic heterocycles. The van der Waals surface area contributed by atoms with E-state index < -0.39 is 5.54 Å². The number of nitrogens with two attached hydrogens (primary N) is 1. The van der Waals surface area contributed by atoms with Crippen LogP contribution in [0, 0.1) is 0 Å². The molecule has 2 heterocycles. The van der Waals surface area contributed by atoms with Crippen molar-refractivity contribution in [2.24, 2.45) is 0 Å². The molecule has 1 aliphatic rings. The van der Waals surface area contributed by atoms with Gasteiger partial charge in [-0.1, -0.05) is 0 Å². The number of likely N-dealkylation sites (N-methyl/N-ethyl adjacent to an activating group) is 1. The molecular formula is C16H20N4O. The van der Waals surface area contributed by atoms with Gasteiger partial charge in [-0.3, -0.25) is 9.78 Å². The number of rotatable bonds is 1. The molecule has 2 N–H and O–H groups in total. The van der Waals surface area contributed by atoms with Crippen molar-refractivity contribution in [2.45, 2.75) is 19.4 Å². The lowest BCUT2D eigenvalue weighted by Gasteiger charge is -2.46. The molecule has 2 aromatic rings. The largest absolute Gasteiger partial charge is 0.398 e. The van der Waals surface area contributed by atoms with E-state index in [9.17, 15) is 4.79 Å². The van der Waals surface area contributed by atoms with Crippen LogP contribution in [0.4, 0.5) is 11.4 Å². The number of aromatic nitrogens is 1. The van der Waals surface area contributed by atoms with Crippen molar-refractivity contribution in [3.05, 3.63) is 30.6 Å². The fourth-order valence-electron chi connectivity index (χ4n) is 3.07. The normalized spacial score (nSPS) is 18.3. The number of piperazine rings is 1. The van der Waals surface area contributed by atoms with Crippen LogP contribution in [0.2, 0.25) is 0 Å². The number of benzene rings is 1. The number of pyridine rings is 1. The molecule has 1 aromatic carbocycles. The second kappa shape index (κ2) is 4.62. The highest BCUT2D eigenvalue weighted by Gasteiger charge is 2.41. The first-order chi connectivity index (χ1) is 9.93. The molecule has 0 bridgehead atoms. The fraction of sp³-hybridized carbons (Fsp3) is 0.375. The maximum Gasteiger partial charge on any atom is 0.247 e. The Balaban J connectivity index is 2.17. The zero-order valence-electron chi connectivity index (χ0n) is 12.6. The van der Waals surface area contributed by atoms with Crippen LogP contribution in [0.25, 0.3) is 10.8 Å². The minimum absolute atomic E-state index is 0.127. The number of carbonyl (C=O) groups excluding carboxylic acids is 1. The van der Waals surface area contributed by atoms with Gasteiger partial charge in [-0.2, -0.15) is 0 Å². The third kappa shape index (κ3) is 2.00. The van der Waals surface area contributed by atoms with Gasteiger partial charge in [0.2, 0.25) is 5.91 Å². The lowest BCUT2D eigenvalue weighted by Crippen LogP contribution is -2.62. The van der Waals surface area contributed by atoms with E-state index in [1.807, 2.05) is 45.3 Å². The van der Waals surface area contributed by atoms with Gasteiger partial charge in [0.05, 0.1) is 0 Å². The molecule has 0 saturated carbocycles. The highest BCUT2D eigenvalue weighted by molar-refractivity contribution is 6.03. The average molecular weight is 284 g/mol. The van der Waals surface area contributed by atoms with Crippen LogP contribution in [-0.4, -0.2) is 41.5 Å². The van der Waals surface area contributed by atoms with Gasteiger partial charge < -0.3 is 15.5 Å². The van der Waals surface area contributed by atoms with E-state index in [1.54, 1.807) is 11.1 Å². The summed E-state index contributed by atoms with van der Waals surface area (Å²) >= 11 is 0. The molecule has 1 aliphatic heterocycles. The van der Waals surface area contributed by atoms with Crippen LogP contribution in [0.5, 0.6) is 0 Å². The van der Waals surface area contributed by atoms with Gasteiger partial charge in [0.15, 0.2) is 0 Å². The molecule has 1 saturated heterocycles. The maximum atomic E-state index is 12.5. The van der Waals surface area contributed by atoms with E-state index >= 15 is 0 Å². The second-order valence-electron chi connectivity index (χ2n) is 6.03. The average Bonchev–Trinajstić information content (AvgIpc) is 2.47. The van der Waals surface area contributed by atoms with E-state index in [2.05, 4.69) is 9.88 Å². The third-order valence-corrected chi connectivity index (χ3v) is 4.32. The molecule has 0 unspecified atom stereocenters. The third-order valence-electron chi connectivity index (χ3n) is 4.32. The standard InChI is InChI=1S/C16H20N4O/c1-16(2)15(21)19(3)8-9-20(16)14-5-4-13(17)11-6-7-18-10-12(11)14/h4-7,10H,8-9,17H2,1-3H3. The summed E-state index contributed by atoms with van der Waals surface area (Å²) in [6.07, 6.45) is 3.56. The Bertz CT molecular complexity index is 710. The van der Waals surface area contributed by atoms with Crippen molar-refractivity contribution < 1.29 is 4.79 Å². The van der Waals surface area contributed by atoms with Crippen LogP contribution in [0.15, 0.2) is 30.6 Å². The summed E-state index contributed by atoms with van der Waals surface area (Å²) in [6.45, 7) is 5.44. The van der Waals surface area contributed by atoms with Crippen LogP contribution >= 0.6 is 0 Å². The van der Waals surface area contributed by atoms with Crippen LogP contribution in [0.3, 0.4) is 0 Å². The first-order valence-electron chi connectivity index (χ1n) is 7.08. The molecule has 21 heavy (non-hydrogen) atoms. The molecule has 5 nitrogen and oxygen atoms in total. The smallest absolute Gasteiger partial charge is 0.247 e. The molecule has 0 atom stereocenters. The molecule has 0 aliphatic carbocycles. The molecule has 110 valence electrons. The molecule has 5 heteroatoms. The Kier molecular flexibility index (Phi) is 3.01. The molecule has 0 radical (unpaired) electrons. The molecular weight excluding hydrogens is 264 g/mol. The summed E-state index contributed by atoms with van der Waals surface area (Å²) in [5.74, 6) is 0.127. The predicted molar refractivity (Wildman–Crippen MR) is 85.2 cm³/mol. The van der Waals surface area contributed by atoms with E-state index in [4.69, 9.17) is 5.73 Å². The molecule has 1 fully saturated rings. The number of nitrogens with zero attached hydrogens (tertiary/aromatic N) is 3. The lowest BCUT2D eigenvalue weighted by atomic mass is 9.95. The Morgan fingerprint density at radius 1 is 1.19 bits per heavy atom. The van der Waals surface area contributed by atoms with Gasteiger partial charge in [-0.25, -0.2) is 0 Å². The summed E-state index contributed by atoms with van der Waals surface area (Å²) in [5, 5.41) is 1.97. The zero-order chi connectivity index (χ0) is 15.2. The van der Waals surface area contributed by atoms with Gasteiger partial charge >= 0.3 is 0 Å². The second-order valence-corrected chi connectivity index (χ2v) is 6.03. The first-order valence-corrected chi connectivity index (χ1v) is 7.08. The monoisotopic (exact) mass is 284 g/mol. The van der Waals surface area contributed by atoms with E-state index in [0.717, 1.165) is 28.7 Å². The summed E-state index contributed by atoms with van der Waals surface area (Å²) in [6, 6.07) is 5.80. The van der Waals surface area contributed by atoms with Crippen LogP contribution in [-0.2, 0) is 4.79 Å². The van der Waals surface area contributed by atoms with Gasteiger partial charge in [0, 0.05) is 54.7 Å². The summed E-state index contributed by atoms with van der Waals surface area (Å²) in [7, 11) is 1.85. The number of amides is 1. The number of fused-ring (bicyclic) bond motifs is 1. The highest BCUT2D eigenvalue weighted by atomic mass is 16.2. The van der Waals surface area contributed by atoms with Crippen LogP contribution in [0.1, 0.15) is 13.8 Å². The van der Waals surface area contributed by atoms with Gasteiger partial charge in [0.1, 0.15) is 5.54 Å². The van der Waals surface area contributed by atoms with E-state index in [1.165, 1.54) is 0 Å². The lowest BCUT2D eigenvalue weighted by molar-refractivity contribution is -0.136. The van der Waals surface area contributed by atoms with Gasteiger partial charge in [-0.05, 0) is 32.0 Å². The van der Waals surface area contributed by atoms with E-state index in [0.29, 0.717) is 6.54 Å². The minimum atomic E-state index is -0.577. The summed E-state index contributed by atoms with van der Waals surface area (Å²) in [5.41, 5.74) is 7.22. The van der Waals surface area contributed by atoms with Crippen molar-refractivity contribution in [3.63, 3.8) is 0 Å². The van der Waals surface area contributed by atoms with Crippen molar-refractivity contribution in [3.8, 4) is 0 Å². The summed E-state index contributed by atoms with van der Waals surface area (Å²) in [4.78, 5) is 20.6. The van der Waals surface area contributed by atoms with Crippen molar-refractivity contribution in [1.82, 2.24) is 9.88 Å². The topological polar surface area (TPSA) is 62.5 Å². The Labute approximate surface area is 124 Å². The quantitative estimate of drug-likeness (QED) is 0.812. The van der Waals surface area contributed by atoms with Gasteiger partial charge in [0.25, 0.3) is 0 Å². The minimum Gasteiger partial charge on any atom is -0.398 e. The number of hydrogen-bond donors (Lipinski definition) is 1. The number of anilines is 2. The number of nitrogen functional groups attached to an aromatic ring is 1. The SMILES string of the molecule is CN1CCN(c2ccc(N)c3ccncc23)C(C)(C)C1=O. The molecule has 3 rings (SSSR count). The first kappa shape index (κ1) is 13.7. The fourth-order valence-corrected chi connectivity index (χ4v) is 3.07. The Morgan fingerprint density at radius 2 is 1.95 bits per heavy atom. The van der Waals surface area contributed by atoms with Crippen molar-refractivity contribution in [2.75, 3.05) is 30.8 Å². The Hall–Kier alpha value is -2.30. The molecule has 1 amide bonds. The highest BCUT2D eigenvalue weighted by Crippen LogP contribution is 2.35. The predicted octanol–water partition coefficient (Wildman–Crippen LogP) is 1.87.